The molecule has 1 unspecified atom stereocenters. The molecule has 2 rings (SSSR count). The molecule has 15 heavy (non-hydrogen) atoms. The quantitative estimate of drug-likeness (QED) is 0.800. The van der Waals surface area contributed by atoms with Crippen LogP contribution in [0.4, 0.5) is 0 Å². The SMILES string of the molecule is CCNC(CC1CC1)c1sc(C)cc1C. The fraction of sp³-hybridized carbons (Fsp3) is 0.692. The van der Waals surface area contributed by atoms with E-state index in [4.69, 9.17) is 0 Å². The third-order valence-corrected chi connectivity index (χ3v) is 4.38. The summed E-state index contributed by atoms with van der Waals surface area (Å²) in [7, 11) is 0. The summed E-state index contributed by atoms with van der Waals surface area (Å²) in [4.78, 5) is 3.02. The summed E-state index contributed by atoms with van der Waals surface area (Å²) in [5.41, 5.74) is 1.48. The van der Waals surface area contributed by atoms with Gasteiger partial charge < -0.3 is 5.32 Å². The minimum absolute atomic E-state index is 0.612. The first kappa shape index (κ1) is 11.2. The first-order chi connectivity index (χ1) is 7.20. The van der Waals surface area contributed by atoms with Crippen molar-refractivity contribution >= 4 is 11.3 Å². The van der Waals surface area contributed by atoms with Crippen molar-refractivity contribution in [1.82, 2.24) is 5.32 Å². The monoisotopic (exact) mass is 223 g/mol. The molecule has 1 aliphatic rings. The minimum atomic E-state index is 0.612. The largest absolute Gasteiger partial charge is 0.310 e. The van der Waals surface area contributed by atoms with Gasteiger partial charge in [0.1, 0.15) is 0 Å². The van der Waals surface area contributed by atoms with E-state index in [1.54, 1.807) is 4.88 Å². The van der Waals surface area contributed by atoms with E-state index >= 15 is 0 Å². The fourth-order valence-electron chi connectivity index (χ4n) is 2.22. The van der Waals surface area contributed by atoms with Crippen molar-refractivity contribution in [2.45, 2.75) is 46.1 Å². The van der Waals surface area contributed by atoms with Crippen LogP contribution in [0.25, 0.3) is 0 Å². The van der Waals surface area contributed by atoms with Crippen LogP contribution in [0.1, 0.15) is 47.5 Å². The van der Waals surface area contributed by atoms with Crippen molar-refractivity contribution in [2.24, 2.45) is 5.92 Å². The third-order valence-electron chi connectivity index (χ3n) is 3.11. The van der Waals surface area contributed by atoms with Gasteiger partial charge in [0.15, 0.2) is 0 Å². The zero-order chi connectivity index (χ0) is 10.8. The molecule has 1 fully saturated rings. The summed E-state index contributed by atoms with van der Waals surface area (Å²) >= 11 is 1.97. The Morgan fingerprint density at radius 2 is 2.20 bits per heavy atom. The maximum Gasteiger partial charge on any atom is 0.0420 e. The number of hydrogen-bond acceptors (Lipinski definition) is 2. The molecule has 0 saturated heterocycles. The van der Waals surface area contributed by atoms with Gasteiger partial charge in [-0.05, 0) is 44.4 Å². The topological polar surface area (TPSA) is 12.0 Å². The Morgan fingerprint density at radius 1 is 1.47 bits per heavy atom. The zero-order valence-corrected chi connectivity index (χ0v) is 10.8. The molecule has 0 aliphatic heterocycles. The molecule has 1 atom stereocenters. The second-order valence-electron chi connectivity index (χ2n) is 4.69. The van der Waals surface area contributed by atoms with Gasteiger partial charge in [0.2, 0.25) is 0 Å². The van der Waals surface area contributed by atoms with Crippen LogP contribution in [0.15, 0.2) is 6.07 Å². The predicted octanol–water partition coefficient (Wildman–Crippen LogP) is 3.82. The van der Waals surface area contributed by atoms with E-state index in [2.05, 4.69) is 32.2 Å². The molecule has 0 spiro atoms. The maximum absolute atomic E-state index is 3.63. The molecule has 1 aromatic rings. The number of aryl methyl sites for hydroxylation is 2. The summed E-state index contributed by atoms with van der Waals surface area (Å²) in [5.74, 6) is 0.996. The van der Waals surface area contributed by atoms with Crippen LogP contribution in [-0.2, 0) is 0 Å². The van der Waals surface area contributed by atoms with E-state index in [0.717, 1.165) is 12.5 Å². The molecule has 0 aromatic carbocycles. The Kier molecular flexibility index (Phi) is 3.47. The van der Waals surface area contributed by atoms with E-state index in [0.29, 0.717) is 6.04 Å². The summed E-state index contributed by atoms with van der Waals surface area (Å²) in [6.45, 7) is 7.74. The van der Waals surface area contributed by atoms with Gasteiger partial charge in [-0.2, -0.15) is 0 Å². The highest BCUT2D eigenvalue weighted by molar-refractivity contribution is 7.12. The van der Waals surface area contributed by atoms with Gasteiger partial charge >= 0.3 is 0 Å². The average molecular weight is 223 g/mol. The lowest BCUT2D eigenvalue weighted by Gasteiger charge is -2.17. The van der Waals surface area contributed by atoms with Crippen LogP contribution >= 0.6 is 11.3 Å². The number of hydrogen-bond donors (Lipinski definition) is 1. The summed E-state index contributed by atoms with van der Waals surface area (Å²) in [6.07, 6.45) is 4.24. The Bertz CT molecular complexity index is 325. The van der Waals surface area contributed by atoms with Crippen LogP contribution in [-0.4, -0.2) is 6.54 Å². The van der Waals surface area contributed by atoms with Gasteiger partial charge in [-0.1, -0.05) is 19.8 Å². The van der Waals surface area contributed by atoms with Crippen molar-refractivity contribution < 1.29 is 0 Å². The molecule has 1 saturated carbocycles. The molecule has 1 heterocycles. The third kappa shape index (κ3) is 2.82. The second kappa shape index (κ2) is 4.67. The minimum Gasteiger partial charge on any atom is -0.310 e. The summed E-state index contributed by atoms with van der Waals surface area (Å²) in [5, 5.41) is 3.63. The Balaban J connectivity index is 2.10. The molecular weight excluding hydrogens is 202 g/mol. The number of thiophene rings is 1. The van der Waals surface area contributed by atoms with E-state index in [-0.39, 0.29) is 0 Å². The molecule has 0 bridgehead atoms. The normalized spacial score (nSPS) is 18.1. The molecule has 1 aromatic heterocycles. The molecule has 84 valence electrons. The fourth-order valence-corrected chi connectivity index (χ4v) is 3.35. The molecule has 2 heteroatoms. The lowest BCUT2D eigenvalue weighted by molar-refractivity contribution is 0.492. The van der Waals surface area contributed by atoms with E-state index < -0.39 is 0 Å². The van der Waals surface area contributed by atoms with E-state index in [9.17, 15) is 0 Å². The Labute approximate surface area is 96.9 Å². The first-order valence-electron chi connectivity index (χ1n) is 6.01. The molecule has 0 radical (unpaired) electrons. The van der Waals surface area contributed by atoms with Gasteiger partial charge in [0.25, 0.3) is 0 Å². The van der Waals surface area contributed by atoms with Crippen molar-refractivity contribution in [3.05, 3.63) is 21.4 Å². The lowest BCUT2D eigenvalue weighted by Crippen LogP contribution is -2.21. The summed E-state index contributed by atoms with van der Waals surface area (Å²) < 4.78 is 0. The predicted molar refractivity (Wildman–Crippen MR) is 67.6 cm³/mol. The first-order valence-corrected chi connectivity index (χ1v) is 6.82. The van der Waals surface area contributed by atoms with Crippen molar-refractivity contribution in [2.75, 3.05) is 6.54 Å². The molecule has 0 amide bonds. The molecule has 1 aliphatic carbocycles. The Hall–Kier alpha value is -0.340. The van der Waals surface area contributed by atoms with Crippen molar-refractivity contribution in [3.63, 3.8) is 0 Å². The number of rotatable bonds is 5. The Morgan fingerprint density at radius 3 is 2.67 bits per heavy atom. The highest BCUT2D eigenvalue weighted by Gasteiger charge is 2.27. The van der Waals surface area contributed by atoms with Crippen molar-refractivity contribution in [3.8, 4) is 0 Å². The van der Waals surface area contributed by atoms with Crippen LogP contribution in [0, 0.1) is 19.8 Å². The lowest BCUT2D eigenvalue weighted by atomic mass is 10.1. The highest BCUT2D eigenvalue weighted by atomic mass is 32.1. The standard InChI is InChI=1S/C13H21NS/c1-4-14-12(8-11-5-6-11)13-9(2)7-10(3)15-13/h7,11-12,14H,4-6,8H2,1-3H3. The summed E-state index contributed by atoms with van der Waals surface area (Å²) in [6, 6.07) is 2.93. The second-order valence-corrected chi connectivity index (χ2v) is 5.98. The van der Waals surface area contributed by atoms with Gasteiger partial charge in [0.05, 0.1) is 0 Å². The van der Waals surface area contributed by atoms with Crippen molar-refractivity contribution in [1.29, 1.82) is 0 Å². The van der Waals surface area contributed by atoms with Gasteiger partial charge in [-0.25, -0.2) is 0 Å². The zero-order valence-electron chi connectivity index (χ0n) is 9.97. The van der Waals surface area contributed by atoms with Gasteiger partial charge in [0, 0.05) is 15.8 Å². The molecule has 1 N–H and O–H groups in total. The van der Waals surface area contributed by atoms with E-state index in [1.165, 1.54) is 29.7 Å². The van der Waals surface area contributed by atoms with E-state index in [1.807, 2.05) is 11.3 Å². The van der Waals surface area contributed by atoms with Gasteiger partial charge in [-0.15, -0.1) is 11.3 Å². The number of nitrogens with one attached hydrogen (secondary N) is 1. The highest BCUT2D eigenvalue weighted by Crippen LogP contribution is 2.40. The molecule has 1 nitrogen and oxygen atoms in total. The average Bonchev–Trinajstić information content (AvgIpc) is 2.91. The van der Waals surface area contributed by atoms with Crippen LogP contribution in [0.3, 0.4) is 0 Å². The smallest absolute Gasteiger partial charge is 0.0420 e. The van der Waals surface area contributed by atoms with Crippen LogP contribution < -0.4 is 5.32 Å². The van der Waals surface area contributed by atoms with Crippen LogP contribution in [0.2, 0.25) is 0 Å². The maximum atomic E-state index is 3.63. The van der Waals surface area contributed by atoms with Crippen LogP contribution in [0.5, 0.6) is 0 Å². The molecular formula is C13H21NS. The van der Waals surface area contributed by atoms with Gasteiger partial charge in [-0.3, -0.25) is 0 Å².